The van der Waals surface area contributed by atoms with Gasteiger partial charge in [-0.1, -0.05) is 42.5 Å². The van der Waals surface area contributed by atoms with E-state index in [-0.39, 0.29) is 36.7 Å². The first kappa shape index (κ1) is 29.2. The average molecular weight is 585 g/mol. The van der Waals surface area contributed by atoms with Gasteiger partial charge in [-0.3, -0.25) is 4.79 Å². The molecule has 41 heavy (non-hydrogen) atoms. The van der Waals surface area contributed by atoms with E-state index < -0.39 is 27.5 Å². The van der Waals surface area contributed by atoms with Gasteiger partial charge in [0.05, 0.1) is 44.1 Å². The molecule has 3 heterocycles. The summed E-state index contributed by atoms with van der Waals surface area (Å²) in [5, 5.41) is 18.4. The first-order valence-electron chi connectivity index (χ1n) is 13.7. The highest BCUT2D eigenvalue weighted by Crippen LogP contribution is 2.39. The average Bonchev–Trinajstić information content (AvgIpc) is 3.32. The molecule has 2 atom stereocenters. The maximum Gasteiger partial charge on any atom is 0.312 e. The van der Waals surface area contributed by atoms with Gasteiger partial charge in [-0.05, 0) is 56.0 Å². The van der Waals surface area contributed by atoms with Crippen LogP contribution in [0.2, 0.25) is 0 Å². The van der Waals surface area contributed by atoms with Crippen LogP contribution in [0.25, 0.3) is 0 Å². The summed E-state index contributed by atoms with van der Waals surface area (Å²) in [5.74, 6) is -0.666. The summed E-state index contributed by atoms with van der Waals surface area (Å²) in [6.07, 6.45) is 1.27. The van der Waals surface area contributed by atoms with Crippen LogP contribution in [0, 0.1) is 12.3 Å². The number of ether oxygens (including phenoxy) is 3. The summed E-state index contributed by atoms with van der Waals surface area (Å²) in [5.41, 5.74) is 1.56. The molecule has 2 aliphatic rings. The summed E-state index contributed by atoms with van der Waals surface area (Å²) in [4.78, 5) is 12.5. The van der Waals surface area contributed by atoms with Crippen LogP contribution in [0.4, 0.5) is 0 Å². The number of rotatable bonds is 10. The second-order valence-electron chi connectivity index (χ2n) is 11.2. The molecular weight excluding hydrogens is 548 g/mol. The molecule has 0 saturated carbocycles. The molecule has 12 heteroatoms. The van der Waals surface area contributed by atoms with E-state index in [0.717, 1.165) is 11.1 Å². The lowest BCUT2D eigenvalue weighted by Crippen LogP contribution is -2.36. The normalized spacial score (nSPS) is 20.0. The van der Waals surface area contributed by atoms with Crippen LogP contribution in [0.15, 0.2) is 53.6 Å². The highest BCUT2D eigenvalue weighted by Gasteiger charge is 2.40. The molecule has 3 aromatic rings. The summed E-state index contributed by atoms with van der Waals surface area (Å²) in [6.45, 7) is 8.61. The van der Waals surface area contributed by atoms with Crippen molar-refractivity contribution in [2.45, 2.75) is 70.4 Å². The fourth-order valence-electron chi connectivity index (χ4n) is 4.95. The topological polar surface area (TPSA) is 133 Å². The lowest BCUT2D eigenvalue weighted by atomic mass is 9.81. The van der Waals surface area contributed by atoms with Gasteiger partial charge >= 0.3 is 5.97 Å². The van der Waals surface area contributed by atoms with Crippen molar-refractivity contribution in [3.8, 4) is 5.75 Å². The van der Waals surface area contributed by atoms with Crippen LogP contribution in [0.3, 0.4) is 0 Å². The summed E-state index contributed by atoms with van der Waals surface area (Å²) in [7, 11) is -3.84. The molecule has 5 rings (SSSR count). The Morgan fingerprint density at radius 2 is 1.98 bits per heavy atom. The highest BCUT2D eigenvalue weighted by atomic mass is 32.2. The van der Waals surface area contributed by atoms with E-state index in [1.807, 2.05) is 32.0 Å². The number of aryl methyl sites for hydroxylation is 1. The number of aliphatic carboxylic acids is 1. The van der Waals surface area contributed by atoms with Gasteiger partial charge < -0.3 is 19.3 Å². The molecule has 0 spiro atoms. The van der Waals surface area contributed by atoms with Crippen LogP contribution in [-0.4, -0.2) is 64.7 Å². The standard InChI is InChI=1S/C29H36N4O7S/c1-5-24-15-32(41(36,37)26-9-7-6-8-25(26)40-24)13-21-12-20(11-10-19(21)2)27(29(3,4)28(34)35)39-16-22-14-33(31-30-22)23-17-38-18-23/h6-12,14,23-24,27H,5,13,15-18H2,1-4H3,(H,34,35)/t24-,27?/m1/s1. The van der Waals surface area contributed by atoms with Crippen molar-refractivity contribution in [1.82, 2.24) is 19.3 Å². The number of benzene rings is 2. The van der Waals surface area contributed by atoms with E-state index in [1.54, 1.807) is 49.0 Å². The minimum Gasteiger partial charge on any atom is -0.488 e. The van der Waals surface area contributed by atoms with Gasteiger partial charge in [0.1, 0.15) is 28.5 Å². The monoisotopic (exact) mass is 584 g/mol. The van der Waals surface area contributed by atoms with Crippen LogP contribution < -0.4 is 4.74 Å². The van der Waals surface area contributed by atoms with Crippen molar-refractivity contribution in [3.05, 3.63) is 71.0 Å². The maximum absolute atomic E-state index is 13.7. The minimum absolute atomic E-state index is 0.0605. The molecule has 0 radical (unpaired) electrons. The van der Waals surface area contributed by atoms with E-state index in [9.17, 15) is 18.3 Å². The third kappa shape index (κ3) is 5.87. The smallest absolute Gasteiger partial charge is 0.312 e. The molecule has 1 saturated heterocycles. The first-order chi connectivity index (χ1) is 19.5. The van der Waals surface area contributed by atoms with Crippen molar-refractivity contribution in [1.29, 1.82) is 0 Å². The van der Waals surface area contributed by atoms with Crippen molar-refractivity contribution in [3.63, 3.8) is 0 Å². The Balaban J connectivity index is 1.44. The molecule has 0 aliphatic carbocycles. The molecular formula is C29H36N4O7S. The number of hydrogen-bond acceptors (Lipinski definition) is 8. The molecule has 2 aromatic carbocycles. The SMILES string of the molecule is CC[C@@H]1CN(Cc2cc(C(OCc3cn(C4COC4)nn3)C(C)(C)C(=O)O)ccc2C)S(=O)(=O)c2ccccc2O1. The van der Waals surface area contributed by atoms with Crippen molar-refractivity contribution in [2.24, 2.45) is 5.41 Å². The van der Waals surface area contributed by atoms with Gasteiger partial charge in [0.25, 0.3) is 0 Å². The van der Waals surface area contributed by atoms with Crippen molar-refractivity contribution < 1.29 is 32.5 Å². The third-order valence-electron chi connectivity index (χ3n) is 7.80. The van der Waals surface area contributed by atoms with Crippen LogP contribution in [0.1, 0.15) is 61.7 Å². The largest absolute Gasteiger partial charge is 0.488 e. The van der Waals surface area contributed by atoms with Crippen molar-refractivity contribution >= 4 is 16.0 Å². The minimum atomic E-state index is -3.84. The maximum atomic E-state index is 13.7. The van der Waals surface area contributed by atoms with Gasteiger partial charge in [0.2, 0.25) is 10.0 Å². The highest BCUT2D eigenvalue weighted by molar-refractivity contribution is 7.89. The van der Waals surface area contributed by atoms with Gasteiger partial charge in [0.15, 0.2) is 0 Å². The predicted octanol–water partition coefficient (Wildman–Crippen LogP) is 3.89. The molecule has 0 bridgehead atoms. The Morgan fingerprint density at radius 1 is 1.22 bits per heavy atom. The van der Waals surface area contributed by atoms with Crippen LogP contribution in [-0.2, 0) is 37.4 Å². The van der Waals surface area contributed by atoms with E-state index in [4.69, 9.17) is 14.2 Å². The Hall–Kier alpha value is -3.32. The number of aromatic nitrogens is 3. The number of para-hydroxylation sites is 1. The Morgan fingerprint density at radius 3 is 2.66 bits per heavy atom. The number of carboxylic acids is 1. The van der Waals surface area contributed by atoms with Gasteiger partial charge in [-0.2, -0.15) is 4.31 Å². The number of hydrogen-bond donors (Lipinski definition) is 1. The lowest BCUT2D eigenvalue weighted by Gasteiger charge is -2.31. The number of carboxylic acid groups (broad SMARTS) is 1. The molecule has 2 aliphatic heterocycles. The predicted molar refractivity (Wildman–Crippen MR) is 149 cm³/mol. The fraction of sp³-hybridized carbons (Fsp3) is 0.483. The van der Waals surface area contributed by atoms with Crippen LogP contribution >= 0.6 is 0 Å². The zero-order valence-corrected chi connectivity index (χ0v) is 24.5. The summed E-state index contributed by atoms with van der Waals surface area (Å²) >= 11 is 0. The quantitative estimate of drug-likeness (QED) is 0.377. The zero-order chi connectivity index (χ0) is 29.4. The van der Waals surface area contributed by atoms with Gasteiger partial charge in [-0.25, -0.2) is 13.1 Å². The van der Waals surface area contributed by atoms with E-state index in [2.05, 4.69) is 10.3 Å². The molecule has 11 nitrogen and oxygen atoms in total. The van der Waals surface area contributed by atoms with E-state index in [0.29, 0.717) is 36.6 Å². The number of fused-ring (bicyclic) bond motifs is 1. The van der Waals surface area contributed by atoms with Gasteiger partial charge in [0, 0.05) is 6.54 Å². The van der Waals surface area contributed by atoms with Crippen LogP contribution in [0.5, 0.6) is 5.75 Å². The number of sulfonamides is 1. The molecule has 1 fully saturated rings. The second kappa shape index (κ2) is 11.5. The molecule has 220 valence electrons. The zero-order valence-electron chi connectivity index (χ0n) is 23.7. The van der Waals surface area contributed by atoms with Gasteiger partial charge in [-0.15, -0.1) is 5.10 Å². The molecule has 1 unspecified atom stereocenters. The molecule has 0 amide bonds. The van der Waals surface area contributed by atoms with E-state index in [1.165, 1.54) is 4.31 Å². The lowest BCUT2D eigenvalue weighted by molar-refractivity contribution is -0.158. The third-order valence-corrected chi connectivity index (χ3v) is 9.65. The summed E-state index contributed by atoms with van der Waals surface area (Å²) < 4.78 is 48.1. The first-order valence-corrected chi connectivity index (χ1v) is 15.1. The fourth-order valence-corrected chi connectivity index (χ4v) is 6.53. The Bertz CT molecular complexity index is 1520. The number of carbonyl (C=O) groups is 1. The number of nitrogens with zero attached hydrogens (tertiary/aromatic N) is 4. The Kier molecular flexibility index (Phi) is 8.20. The molecule has 1 aromatic heterocycles. The van der Waals surface area contributed by atoms with E-state index >= 15 is 0 Å². The Labute approximate surface area is 240 Å². The second-order valence-corrected chi connectivity index (χ2v) is 13.1. The summed E-state index contributed by atoms with van der Waals surface area (Å²) in [6, 6.07) is 12.4. The van der Waals surface area contributed by atoms with Crippen molar-refractivity contribution in [2.75, 3.05) is 19.8 Å². The molecule has 1 N–H and O–H groups in total.